The van der Waals surface area contributed by atoms with Crippen LogP contribution >= 0.6 is 23.3 Å². The first-order valence-electron chi connectivity index (χ1n) is 8.60. The highest BCUT2D eigenvalue weighted by Crippen LogP contribution is 2.29. The van der Waals surface area contributed by atoms with E-state index >= 15 is 0 Å². The normalized spacial score (nSPS) is 11.2. The zero-order valence-corrected chi connectivity index (χ0v) is 17.0. The van der Waals surface area contributed by atoms with Gasteiger partial charge in [-0.1, -0.05) is 18.2 Å². The van der Waals surface area contributed by atoms with E-state index in [1.165, 1.54) is 27.9 Å². The molecule has 9 heteroatoms. The molecule has 0 atom stereocenters. The van der Waals surface area contributed by atoms with Crippen LogP contribution < -0.4 is 5.56 Å². The van der Waals surface area contributed by atoms with Crippen molar-refractivity contribution < 1.29 is 4.74 Å². The maximum Gasteiger partial charge on any atom is 0.267 e. The van der Waals surface area contributed by atoms with Crippen molar-refractivity contribution in [1.29, 1.82) is 0 Å². The van der Waals surface area contributed by atoms with Crippen LogP contribution in [-0.4, -0.2) is 37.6 Å². The van der Waals surface area contributed by atoms with Crippen LogP contribution in [0.1, 0.15) is 11.4 Å². The molecule has 1 aromatic carbocycles. The average Bonchev–Trinajstić information content (AvgIpc) is 3.15. The van der Waals surface area contributed by atoms with Crippen LogP contribution in [-0.2, 0) is 11.2 Å². The molecule has 0 aliphatic carbocycles. The molecule has 0 radical (unpaired) electrons. The van der Waals surface area contributed by atoms with E-state index in [-0.39, 0.29) is 5.56 Å². The van der Waals surface area contributed by atoms with Gasteiger partial charge in [0.25, 0.3) is 5.56 Å². The maximum absolute atomic E-state index is 13.2. The number of fused-ring (bicyclic) bond motifs is 1. The molecule has 0 fully saturated rings. The lowest BCUT2D eigenvalue weighted by atomic mass is 10.2. The quantitative estimate of drug-likeness (QED) is 0.450. The van der Waals surface area contributed by atoms with Crippen molar-refractivity contribution in [2.24, 2.45) is 0 Å². The van der Waals surface area contributed by atoms with E-state index in [0.29, 0.717) is 39.2 Å². The van der Waals surface area contributed by atoms with Crippen LogP contribution in [0.4, 0.5) is 0 Å². The fourth-order valence-electron chi connectivity index (χ4n) is 2.63. The van der Waals surface area contributed by atoms with Crippen molar-refractivity contribution in [1.82, 2.24) is 23.9 Å². The summed E-state index contributed by atoms with van der Waals surface area (Å²) in [6.45, 7) is 2.52. The van der Waals surface area contributed by atoms with E-state index < -0.39 is 0 Å². The fourth-order valence-corrected chi connectivity index (χ4v) is 4.29. The summed E-state index contributed by atoms with van der Waals surface area (Å²) < 4.78 is 11.7. The van der Waals surface area contributed by atoms with Gasteiger partial charge in [-0.25, -0.2) is 19.5 Å². The zero-order chi connectivity index (χ0) is 19.5. The highest BCUT2D eigenvalue weighted by molar-refractivity contribution is 8.00. The second-order valence-corrected chi connectivity index (χ2v) is 8.03. The maximum atomic E-state index is 13.2. The molecule has 28 heavy (non-hydrogen) atoms. The molecule has 3 heterocycles. The van der Waals surface area contributed by atoms with Crippen molar-refractivity contribution in [2.75, 3.05) is 13.7 Å². The van der Waals surface area contributed by atoms with E-state index in [4.69, 9.17) is 9.72 Å². The number of para-hydroxylation sites is 1. The van der Waals surface area contributed by atoms with Gasteiger partial charge in [-0.15, -0.1) is 0 Å². The van der Waals surface area contributed by atoms with Gasteiger partial charge >= 0.3 is 0 Å². The van der Waals surface area contributed by atoms with Crippen LogP contribution in [0, 0.1) is 6.92 Å². The first-order chi connectivity index (χ1) is 13.7. The number of pyridine rings is 1. The number of ether oxygens (including phenoxy) is 1. The van der Waals surface area contributed by atoms with Gasteiger partial charge in [0.15, 0.2) is 9.50 Å². The number of rotatable bonds is 6. The third-order valence-electron chi connectivity index (χ3n) is 4.03. The Hall–Kier alpha value is -2.62. The Balaban J connectivity index is 1.81. The fraction of sp³-hybridized carbons (Fsp3) is 0.211. The molecule has 0 saturated heterocycles. The Morgan fingerprint density at radius 1 is 1.18 bits per heavy atom. The molecular weight excluding hydrogens is 394 g/mol. The number of nitrogens with zero attached hydrogens (tertiary/aromatic N) is 5. The number of methoxy groups -OCH3 is 1. The third-order valence-corrected chi connectivity index (χ3v) is 5.77. The largest absolute Gasteiger partial charge is 0.384 e. The highest BCUT2D eigenvalue weighted by Gasteiger charge is 2.17. The second kappa shape index (κ2) is 8.17. The van der Waals surface area contributed by atoms with Crippen LogP contribution in [0.25, 0.3) is 16.7 Å². The van der Waals surface area contributed by atoms with Crippen molar-refractivity contribution in [2.45, 2.75) is 22.8 Å². The van der Waals surface area contributed by atoms with E-state index in [1.54, 1.807) is 19.4 Å². The van der Waals surface area contributed by atoms with Gasteiger partial charge in [-0.05, 0) is 54.0 Å². The molecule has 0 amide bonds. The number of hydrogen-bond donors (Lipinski definition) is 0. The molecule has 0 bridgehead atoms. The van der Waals surface area contributed by atoms with E-state index in [0.717, 1.165) is 11.4 Å². The molecule has 0 unspecified atom stereocenters. The highest BCUT2D eigenvalue weighted by atomic mass is 32.2. The summed E-state index contributed by atoms with van der Waals surface area (Å²) in [6.07, 6.45) is 2.38. The smallest absolute Gasteiger partial charge is 0.267 e. The van der Waals surface area contributed by atoms with Gasteiger partial charge in [0.1, 0.15) is 11.6 Å². The SMILES string of the molecule is COCCc1nsc(Sc2nc3ccccc3c(=O)n2-c2ccc(C)cn2)n1. The first kappa shape index (κ1) is 18.7. The number of aryl methyl sites for hydroxylation is 1. The summed E-state index contributed by atoms with van der Waals surface area (Å²) in [5.74, 6) is 1.25. The minimum atomic E-state index is -0.159. The summed E-state index contributed by atoms with van der Waals surface area (Å²) >= 11 is 2.60. The lowest BCUT2D eigenvalue weighted by Gasteiger charge is -2.11. The molecule has 4 aromatic rings. The Morgan fingerprint density at radius 3 is 2.82 bits per heavy atom. The van der Waals surface area contributed by atoms with E-state index in [9.17, 15) is 4.79 Å². The topological polar surface area (TPSA) is 82.8 Å². The van der Waals surface area contributed by atoms with Crippen molar-refractivity contribution >= 4 is 34.2 Å². The molecule has 0 spiro atoms. The van der Waals surface area contributed by atoms with Crippen molar-refractivity contribution in [3.8, 4) is 5.82 Å². The van der Waals surface area contributed by atoms with Crippen molar-refractivity contribution in [3.05, 3.63) is 64.3 Å². The molecule has 142 valence electrons. The molecule has 3 aromatic heterocycles. The average molecular weight is 412 g/mol. The van der Waals surface area contributed by atoms with Crippen LogP contribution in [0.5, 0.6) is 0 Å². The van der Waals surface area contributed by atoms with Crippen molar-refractivity contribution in [3.63, 3.8) is 0 Å². The number of benzene rings is 1. The molecule has 0 aliphatic rings. The number of hydrogen-bond acceptors (Lipinski definition) is 8. The molecular formula is C19H17N5O2S2. The summed E-state index contributed by atoms with van der Waals surface area (Å²) in [6, 6.07) is 11.0. The Bertz CT molecular complexity index is 1170. The number of aromatic nitrogens is 5. The molecule has 0 aliphatic heterocycles. The molecule has 7 nitrogen and oxygen atoms in total. The first-order valence-corrected chi connectivity index (χ1v) is 10.2. The lowest BCUT2D eigenvalue weighted by molar-refractivity contribution is 0.200. The summed E-state index contributed by atoms with van der Waals surface area (Å²) in [5, 5.41) is 1.06. The van der Waals surface area contributed by atoms with Crippen LogP contribution in [0.15, 0.2) is 56.9 Å². The minimum Gasteiger partial charge on any atom is -0.384 e. The monoisotopic (exact) mass is 411 g/mol. The van der Waals surface area contributed by atoms with Gasteiger partial charge in [-0.2, -0.15) is 4.37 Å². The van der Waals surface area contributed by atoms with Gasteiger partial charge in [0.05, 0.1) is 17.5 Å². The molecule has 0 N–H and O–H groups in total. The summed E-state index contributed by atoms with van der Waals surface area (Å²) in [5.41, 5.74) is 1.50. The van der Waals surface area contributed by atoms with Gasteiger partial charge in [-0.3, -0.25) is 4.79 Å². The summed E-state index contributed by atoms with van der Waals surface area (Å²) in [7, 11) is 1.65. The minimum absolute atomic E-state index is 0.159. The predicted octanol–water partition coefficient (Wildman–Crippen LogP) is 3.28. The summed E-state index contributed by atoms with van der Waals surface area (Å²) in [4.78, 5) is 26.8. The van der Waals surface area contributed by atoms with E-state index in [1.807, 2.05) is 37.3 Å². The Labute approximate surface area is 169 Å². The van der Waals surface area contributed by atoms with Crippen LogP contribution in [0.2, 0.25) is 0 Å². The standard InChI is InChI=1S/C19H17N5O2S2/c1-12-7-8-16(20-11-12)24-17(25)13-5-3-4-6-14(13)21-18(24)27-19-22-15(23-28-19)9-10-26-2/h3-8,11H,9-10H2,1-2H3. The zero-order valence-electron chi connectivity index (χ0n) is 15.3. The predicted molar refractivity (Wildman–Crippen MR) is 109 cm³/mol. The Morgan fingerprint density at radius 2 is 2.04 bits per heavy atom. The van der Waals surface area contributed by atoms with Gasteiger partial charge in [0, 0.05) is 19.7 Å². The van der Waals surface area contributed by atoms with E-state index in [2.05, 4.69) is 14.3 Å². The second-order valence-electron chi connectivity index (χ2n) is 6.07. The van der Waals surface area contributed by atoms with Gasteiger partial charge < -0.3 is 4.74 Å². The van der Waals surface area contributed by atoms with Crippen LogP contribution in [0.3, 0.4) is 0 Å². The lowest BCUT2D eigenvalue weighted by Crippen LogP contribution is -2.22. The molecule has 4 rings (SSSR count). The third kappa shape index (κ3) is 3.82. The Kier molecular flexibility index (Phi) is 5.47. The van der Waals surface area contributed by atoms with Gasteiger partial charge in [0.2, 0.25) is 0 Å². The molecule has 0 saturated carbocycles.